The Labute approximate surface area is 124 Å². The molecule has 4 rings (SSSR count). The van der Waals surface area contributed by atoms with E-state index in [2.05, 4.69) is 40.8 Å². The standard InChI is InChI=1S/C17H21N3O/c1-3-7-14(8-4-1)17(9-5-2-6-10-17)16-19-15(21-20-16)13-11-18-12-13/h1,3-4,7-8,13,18H,2,5-6,9-12H2. The Balaban J connectivity index is 1.73. The molecule has 110 valence electrons. The SMILES string of the molecule is c1ccc(C2(c3noc(C4CNC4)n3)CCCCC2)cc1. The normalized spacial score (nSPS) is 21.9. The number of aromatic nitrogens is 2. The highest BCUT2D eigenvalue weighted by molar-refractivity contribution is 5.33. The van der Waals surface area contributed by atoms with Gasteiger partial charge in [0.1, 0.15) is 0 Å². The van der Waals surface area contributed by atoms with E-state index in [4.69, 9.17) is 9.51 Å². The fourth-order valence-electron chi connectivity index (χ4n) is 3.61. The summed E-state index contributed by atoms with van der Waals surface area (Å²) >= 11 is 0. The third-order valence-corrected chi connectivity index (χ3v) is 5.03. The summed E-state index contributed by atoms with van der Waals surface area (Å²) in [5.74, 6) is 2.11. The van der Waals surface area contributed by atoms with Gasteiger partial charge >= 0.3 is 0 Å². The van der Waals surface area contributed by atoms with Crippen molar-refractivity contribution in [3.8, 4) is 0 Å². The van der Waals surface area contributed by atoms with Gasteiger partial charge < -0.3 is 9.84 Å². The van der Waals surface area contributed by atoms with E-state index in [1.54, 1.807) is 0 Å². The predicted molar refractivity (Wildman–Crippen MR) is 80.2 cm³/mol. The Bertz CT molecular complexity index is 598. The first-order chi connectivity index (χ1) is 10.4. The fourth-order valence-corrected chi connectivity index (χ4v) is 3.61. The molecule has 1 aromatic carbocycles. The minimum absolute atomic E-state index is 0.0432. The lowest BCUT2D eigenvalue weighted by Crippen LogP contribution is -2.40. The third kappa shape index (κ3) is 2.18. The van der Waals surface area contributed by atoms with Gasteiger partial charge in [-0.05, 0) is 18.4 Å². The molecule has 2 fully saturated rings. The van der Waals surface area contributed by atoms with Gasteiger partial charge in [0.15, 0.2) is 5.82 Å². The van der Waals surface area contributed by atoms with Crippen molar-refractivity contribution in [2.24, 2.45) is 0 Å². The van der Waals surface area contributed by atoms with Crippen molar-refractivity contribution < 1.29 is 4.52 Å². The van der Waals surface area contributed by atoms with Gasteiger partial charge in [-0.1, -0.05) is 54.8 Å². The van der Waals surface area contributed by atoms with Gasteiger partial charge in [0.25, 0.3) is 0 Å². The Morgan fingerprint density at radius 1 is 1.05 bits per heavy atom. The van der Waals surface area contributed by atoms with E-state index >= 15 is 0 Å². The van der Waals surface area contributed by atoms with E-state index < -0.39 is 0 Å². The van der Waals surface area contributed by atoms with Crippen LogP contribution in [0.5, 0.6) is 0 Å². The van der Waals surface area contributed by atoms with Crippen molar-refractivity contribution in [1.82, 2.24) is 15.5 Å². The summed E-state index contributed by atoms with van der Waals surface area (Å²) in [6.45, 7) is 1.92. The first kappa shape index (κ1) is 13.0. The van der Waals surface area contributed by atoms with E-state index in [0.29, 0.717) is 5.92 Å². The lowest BCUT2D eigenvalue weighted by Gasteiger charge is -2.35. The topological polar surface area (TPSA) is 51.0 Å². The number of nitrogens with one attached hydrogen (secondary N) is 1. The van der Waals surface area contributed by atoms with E-state index in [1.807, 2.05) is 0 Å². The summed E-state index contributed by atoms with van der Waals surface area (Å²) in [5.41, 5.74) is 1.29. The second-order valence-electron chi connectivity index (χ2n) is 6.32. The summed E-state index contributed by atoms with van der Waals surface area (Å²) in [7, 11) is 0. The maximum absolute atomic E-state index is 5.57. The highest BCUT2D eigenvalue weighted by Gasteiger charge is 2.40. The fraction of sp³-hybridized carbons (Fsp3) is 0.529. The molecule has 2 aliphatic rings. The number of nitrogens with zero attached hydrogens (tertiary/aromatic N) is 2. The van der Waals surface area contributed by atoms with Gasteiger partial charge in [-0.3, -0.25) is 0 Å². The zero-order chi connectivity index (χ0) is 14.1. The Kier molecular flexibility index (Phi) is 3.26. The number of rotatable bonds is 3. The van der Waals surface area contributed by atoms with E-state index in [-0.39, 0.29) is 5.41 Å². The molecule has 4 heteroatoms. The molecule has 1 aliphatic carbocycles. The maximum atomic E-state index is 5.57. The van der Waals surface area contributed by atoms with E-state index in [0.717, 1.165) is 37.6 Å². The number of hydrogen-bond donors (Lipinski definition) is 1. The molecule has 1 aromatic heterocycles. The molecule has 0 amide bonds. The second kappa shape index (κ2) is 5.26. The lowest BCUT2D eigenvalue weighted by atomic mass is 9.69. The van der Waals surface area contributed by atoms with Crippen LogP contribution in [0.15, 0.2) is 34.9 Å². The summed E-state index contributed by atoms with van der Waals surface area (Å²) in [6.07, 6.45) is 6.04. The average Bonchev–Trinajstić information content (AvgIpc) is 2.97. The molecule has 0 unspecified atom stereocenters. The zero-order valence-corrected chi connectivity index (χ0v) is 12.2. The molecular weight excluding hydrogens is 262 g/mol. The van der Waals surface area contributed by atoms with Gasteiger partial charge in [-0.25, -0.2) is 0 Å². The number of benzene rings is 1. The van der Waals surface area contributed by atoms with Gasteiger partial charge in [0.05, 0.1) is 11.3 Å². The Morgan fingerprint density at radius 2 is 1.81 bits per heavy atom. The lowest BCUT2D eigenvalue weighted by molar-refractivity contribution is 0.290. The second-order valence-corrected chi connectivity index (χ2v) is 6.32. The van der Waals surface area contributed by atoms with Crippen molar-refractivity contribution in [3.05, 3.63) is 47.6 Å². The molecule has 1 N–H and O–H groups in total. The largest absolute Gasteiger partial charge is 0.339 e. The monoisotopic (exact) mass is 283 g/mol. The van der Waals surface area contributed by atoms with Gasteiger partial charge in [0.2, 0.25) is 5.89 Å². The van der Waals surface area contributed by atoms with Crippen LogP contribution in [-0.4, -0.2) is 23.2 Å². The van der Waals surface area contributed by atoms with Crippen molar-refractivity contribution >= 4 is 0 Å². The highest BCUT2D eigenvalue weighted by atomic mass is 16.5. The summed E-state index contributed by atoms with van der Waals surface area (Å²) in [5, 5.41) is 7.64. The molecule has 0 atom stereocenters. The predicted octanol–water partition coefficient (Wildman–Crippen LogP) is 3.01. The minimum atomic E-state index is -0.0432. The minimum Gasteiger partial charge on any atom is -0.339 e. The van der Waals surface area contributed by atoms with Crippen molar-refractivity contribution in [2.45, 2.75) is 43.4 Å². The van der Waals surface area contributed by atoms with Crippen LogP contribution in [0, 0.1) is 0 Å². The van der Waals surface area contributed by atoms with Crippen LogP contribution in [0.4, 0.5) is 0 Å². The molecule has 0 radical (unpaired) electrons. The van der Waals surface area contributed by atoms with Gasteiger partial charge in [0, 0.05) is 13.1 Å². The summed E-state index contributed by atoms with van der Waals surface area (Å²) in [6, 6.07) is 10.7. The average molecular weight is 283 g/mol. The van der Waals surface area contributed by atoms with Crippen LogP contribution in [0.25, 0.3) is 0 Å². The molecule has 21 heavy (non-hydrogen) atoms. The molecule has 0 bridgehead atoms. The molecule has 1 aliphatic heterocycles. The molecule has 2 aromatic rings. The van der Waals surface area contributed by atoms with Crippen molar-refractivity contribution in [2.75, 3.05) is 13.1 Å². The van der Waals surface area contributed by atoms with E-state index in [9.17, 15) is 0 Å². The van der Waals surface area contributed by atoms with Crippen molar-refractivity contribution in [1.29, 1.82) is 0 Å². The summed E-state index contributed by atoms with van der Waals surface area (Å²) < 4.78 is 5.57. The molecule has 0 spiro atoms. The molecule has 1 saturated carbocycles. The zero-order valence-electron chi connectivity index (χ0n) is 12.2. The van der Waals surface area contributed by atoms with Crippen LogP contribution in [-0.2, 0) is 5.41 Å². The van der Waals surface area contributed by atoms with Crippen LogP contribution < -0.4 is 5.32 Å². The van der Waals surface area contributed by atoms with Gasteiger partial charge in [-0.2, -0.15) is 4.98 Å². The Hall–Kier alpha value is -1.68. The maximum Gasteiger partial charge on any atom is 0.232 e. The highest BCUT2D eigenvalue weighted by Crippen LogP contribution is 2.43. The van der Waals surface area contributed by atoms with E-state index in [1.165, 1.54) is 24.8 Å². The van der Waals surface area contributed by atoms with Crippen LogP contribution in [0.1, 0.15) is 55.3 Å². The smallest absolute Gasteiger partial charge is 0.232 e. The molecule has 1 saturated heterocycles. The molecular formula is C17H21N3O. The van der Waals surface area contributed by atoms with Crippen LogP contribution in [0.2, 0.25) is 0 Å². The van der Waals surface area contributed by atoms with Crippen LogP contribution in [0.3, 0.4) is 0 Å². The first-order valence-electron chi connectivity index (χ1n) is 7.99. The van der Waals surface area contributed by atoms with Crippen LogP contribution >= 0.6 is 0 Å². The molecule has 4 nitrogen and oxygen atoms in total. The first-order valence-corrected chi connectivity index (χ1v) is 7.99. The molecule has 2 heterocycles. The van der Waals surface area contributed by atoms with Gasteiger partial charge in [-0.15, -0.1) is 0 Å². The number of hydrogen-bond acceptors (Lipinski definition) is 4. The Morgan fingerprint density at radius 3 is 2.48 bits per heavy atom. The van der Waals surface area contributed by atoms with Crippen molar-refractivity contribution in [3.63, 3.8) is 0 Å². The third-order valence-electron chi connectivity index (χ3n) is 5.03. The summed E-state index contributed by atoms with van der Waals surface area (Å²) in [4.78, 5) is 4.79. The quantitative estimate of drug-likeness (QED) is 0.940.